The van der Waals surface area contributed by atoms with Crippen molar-refractivity contribution in [1.29, 1.82) is 0 Å². The molecule has 5 nitrogen and oxygen atoms in total. The molecule has 2 saturated heterocycles. The van der Waals surface area contributed by atoms with Crippen molar-refractivity contribution in [1.82, 2.24) is 10.2 Å². The Kier molecular flexibility index (Phi) is 3.30. The van der Waals surface area contributed by atoms with Gasteiger partial charge < -0.3 is 10.1 Å². The summed E-state index contributed by atoms with van der Waals surface area (Å²) in [6, 6.07) is 0.277. The molecular formula is C9H18N2O3S. The van der Waals surface area contributed by atoms with E-state index in [2.05, 4.69) is 10.2 Å². The second kappa shape index (κ2) is 4.37. The van der Waals surface area contributed by atoms with Crippen LogP contribution in [0.1, 0.15) is 0 Å². The van der Waals surface area contributed by atoms with Crippen LogP contribution in [0.2, 0.25) is 0 Å². The van der Waals surface area contributed by atoms with Gasteiger partial charge in [0.05, 0.1) is 18.1 Å². The maximum atomic E-state index is 11.5. The van der Waals surface area contributed by atoms with Crippen molar-refractivity contribution in [3.63, 3.8) is 0 Å². The molecule has 0 aliphatic carbocycles. The summed E-state index contributed by atoms with van der Waals surface area (Å²) in [5.74, 6) is 0.593. The maximum absolute atomic E-state index is 11.5. The Morgan fingerprint density at radius 3 is 3.00 bits per heavy atom. The Labute approximate surface area is 90.7 Å². The number of methoxy groups -OCH3 is 1. The zero-order valence-corrected chi connectivity index (χ0v) is 9.79. The molecule has 0 aromatic heterocycles. The average Bonchev–Trinajstić information content (AvgIpc) is 2.49. The third-order valence-electron chi connectivity index (χ3n) is 3.18. The van der Waals surface area contributed by atoms with Crippen molar-refractivity contribution in [2.24, 2.45) is 0 Å². The van der Waals surface area contributed by atoms with Crippen molar-refractivity contribution in [2.75, 3.05) is 44.9 Å². The topological polar surface area (TPSA) is 58.6 Å². The van der Waals surface area contributed by atoms with Crippen LogP contribution < -0.4 is 5.32 Å². The highest BCUT2D eigenvalue weighted by Gasteiger charge is 2.42. The number of fused-ring (bicyclic) bond motifs is 1. The van der Waals surface area contributed by atoms with Gasteiger partial charge in [-0.2, -0.15) is 0 Å². The van der Waals surface area contributed by atoms with E-state index in [1.807, 2.05) is 0 Å². The van der Waals surface area contributed by atoms with Gasteiger partial charge >= 0.3 is 0 Å². The summed E-state index contributed by atoms with van der Waals surface area (Å²) < 4.78 is 28.1. The van der Waals surface area contributed by atoms with Crippen LogP contribution in [0.15, 0.2) is 0 Å². The lowest BCUT2D eigenvalue weighted by molar-refractivity contribution is 0.0981. The van der Waals surface area contributed by atoms with E-state index in [0.717, 1.165) is 19.6 Å². The molecule has 1 N–H and O–H groups in total. The third-order valence-corrected chi connectivity index (χ3v) is 4.90. The fraction of sp³-hybridized carbons (Fsp3) is 1.00. The van der Waals surface area contributed by atoms with Crippen molar-refractivity contribution in [3.05, 3.63) is 0 Å². The molecule has 0 spiro atoms. The van der Waals surface area contributed by atoms with Crippen molar-refractivity contribution < 1.29 is 13.2 Å². The standard InChI is InChI=1S/C9H18N2O3S/c1-14-5-4-11-3-2-10-8-6-15(12,13)7-9(8)11/h8-10H,2-7H2,1H3/t8-,9-/m1/s1. The normalized spacial score (nSPS) is 35.3. The molecule has 0 radical (unpaired) electrons. The molecule has 0 unspecified atom stereocenters. The van der Waals surface area contributed by atoms with Gasteiger partial charge in [0.1, 0.15) is 0 Å². The Balaban J connectivity index is 2.02. The van der Waals surface area contributed by atoms with Crippen LogP contribution in [0.3, 0.4) is 0 Å². The van der Waals surface area contributed by atoms with Gasteiger partial charge in [-0.15, -0.1) is 0 Å². The molecular weight excluding hydrogens is 216 g/mol. The van der Waals surface area contributed by atoms with Crippen LogP contribution in [0.25, 0.3) is 0 Å². The van der Waals surface area contributed by atoms with Crippen molar-refractivity contribution in [3.8, 4) is 0 Å². The fourth-order valence-electron chi connectivity index (χ4n) is 2.43. The first-order valence-corrected chi connectivity index (χ1v) is 7.11. The van der Waals surface area contributed by atoms with Gasteiger partial charge in [-0.25, -0.2) is 8.42 Å². The van der Waals surface area contributed by atoms with E-state index >= 15 is 0 Å². The minimum absolute atomic E-state index is 0.126. The quantitative estimate of drug-likeness (QED) is 0.658. The predicted molar refractivity (Wildman–Crippen MR) is 57.7 cm³/mol. The van der Waals surface area contributed by atoms with Crippen LogP contribution in [0.4, 0.5) is 0 Å². The highest BCUT2D eigenvalue weighted by atomic mass is 32.2. The summed E-state index contributed by atoms with van der Waals surface area (Å²) in [4.78, 5) is 2.23. The van der Waals surface area contributed by atoms with E-state index in [1.54, 1.807) is 7.11 Å². The molecule has 0 bridgehead atoms. The lowest BCUT2D eigenvalue weighted by Crippen LogP contribution is -2.57. The highest BCUT2D eigenvalue weighted by molar-refractivity contribution is 7.91. The van der Waals surface area contributed by atoms with Crippen LogP contribution in [-0.4, -0.2) is 70.3 Å². The predicted octanol–water partition coefficient (Wildman–Crippen LogP) is -1.30. The first-order chi connectivity index (χ1) is 7.12. The van der Waals surface area contributed by atoms with Gasteiger partial charge in [-0.1, -0.05) is 0 Å². The maximum Gasteiger partial charge on any atom is 0.153 e. The molecule has 0 aromatic carbocycles. The van der Waals surface area contributed by atoms with Gasteiger partial charge in [-0.3, -0.25) is 4.90 Å². The number of sulfone groups is 1. The summed E-state index contributed by atoms with van der Waals surface area (Å²) >= 11 is 0. The molecule has 2 fully saturated rings. The van der Waals surface area contributed by atoms with Gasteiger partial charge in [0, 0.05) is 38.8 Å². The van der Waals surface area contributed by atoms with E-state index in [-0.39, 0.29) is 12.1 Å². The monoisotopic (exact) mass is 234 g/mol. The van der Waals surface area contributed by atoms with E-state index in [9.17, 15) is 8.42 Å². The Morgan fingerprint density at radius 2 is 2.27 bits per heavy atom. The largest absolute Gasteiger partial charge is 0.383 e. The van der Waals surface area contributed by atoms with Crippen LogP contribution in [0, 0.1) is 0 Å². The third kappa shape index (κ3) is 2.50. The van der Waals surface area contributed by atoms with Crippen LogP contribution >= 0.6 is 0 Å². The van der Waals surface area contributed by atoms with E-state index in [0.29, 0.717) is 18.1 Å². The lowest BCUT2D eigenvalue weighted by atomic mass is 10.1. The van der Waals surface area contributed by atoms with Crippen LogP contribution in [0.5, 0.6) is 0 Å². The summed E-state index contributed by atoms with van der Waals surface area (Å²) in [7, 11) is -1.16. The molecule has 0 saturated carbocycles. The van der Waals surface area contributed by atoms with Gasteiger partial charge in [0.25, 0.3) is 0 Å². The lowest BCUT2D eigenvalue weighted by Gasteiger charge is -2.37. The Hall–Kier alpha value is -0.170. The molecule has 2 aliphatic heterocycles. The molecule has 2 atom stereocenters. The number of ether oxygens (including phenoxy) is 1. The van der Waals surface area contributed by atoms with Crippen molar-refractivity contribution in [2.45, 2.75) is 12.1 Å². The van der Waals surface area contributed by atoms with Gasteiger partial charge in [-0.05, 0) is 0 Å². The second-order valence-corrected chi connectivity index (χ2v) is 6.39. The molecule has 6 heteroatoms. The number of nitrogens with zero attached hydrogens (tertiary/aromatic N) is 1. The average molecular weight is 234 g/mol. The SMILES string of the molecule is COCCN1CCN[C@@H]2CS(=O)(=O)C[C@H]21. The van der Waals surface area contributed by atoms with E-state index in [4.69, 9.17) is 4.74 Å². The Morgan fingerprint density at radius 1 is 1.47 bits per heavy atom. The molecule has 2 rings (SSSR count). The molecule has 15 heavy (non-hydrogen) atoms. The number of hydrogen-bond donors (Lipinski definition) is 1. The summed E-state index contributed by atoms with van der Waals surface area (Å²) in [6.45, 7) is 3.29. The number of piperazine rings is 1. The van der Waals surface area contributed by atoms with E-state index in [1.165, 1.54) is 0 Å². The number of nitrogens with one attached hydrogen (secondary N) is 1. The minimum atomic E-state index is -2.83. The summed E-state index contributed by atoms with van der Waals surface area (Å²) in [6.07, 6.45) is 0. The van der Waals surface area contributed by atoms with Crippen LogP contribution in [-0.2, 0) is 14.6 Å². The van der Waals surface area contributed by atoms with Gasteiger partial charge in [0.15, 0.2) is 9.84 Å². The fourth-order valence-corrected chi connectivity index (χ4v) is 4.42. The smallest absolute Gasteiger partial charge is 0.153 e. The summed E-state index contributed by atoms with van der Waals surface area (Å²) in [5, 5.41) is 3.28. The van der Waals surface area contributed by atoms with Gasteiger partial charge in [0.2, 0.25) is 0 Å². The Bertz CT molecular complexity index is 317. The number of rotatable bonds is 3. The van der Waals surface area contributed by atoms with Crippen molar-refractivity contribution >= 4 is 9.84 Å². The molecule has 0 amide bonds. The second-order valence-electron chi connectivity index (χ2n) is 4.23. The molecule has 0 aromatic rings. The van der Waals surface area contributed by atoms with E-state index < -0.39 is 9.84 Å². The zero-order valence-electron chi connectivity index (χ0n) is 8.98. The minimum Gasteiger partial charge on any atom is -0.383 e. The molecule has 2 aliphatic rings. The highest BCUT2D eigenvalue weighted by Crippen LogP contribution is 2.20. The molecule has 88 valence electrons. The summed E-state index contributed by atoms with van der Waals surface area (Å²) in [5.41, 5.74) is 0. The first kappa shape index (κ1) is 11.3. The first-order valence-electron chi connectivity index (χ1n) is 5.29. The molecule has 2 heterocycles. The number of hydrogen-bond acceptors (Lipinski definition) is 5. The zero-order chi connectivity index (χ0) is 10.9.